The predicted molar refractivity (Wildman–Crippen MR) is 110 cm³/mol. The van der Waals surface area contributed by atoms with Crippen molar-refractivity contribution >= 4 is 17.6 Å². The summed E-state index contributed by atoms with van der Waals surface area (Å²) in [4.78, 5) is 25.7. The van der Waals surface area contributed by atoms with Crippen LogP contribution >= 0.6 is 0 Å². The highest BCUT2D eigenvalue weighted by atomic mass is 16.4. The third kappa shape index (κ3) is 6.03. The lowest BCUT2D eigenvalue weighted by Crippen LogP contribution is -2.06. The van der Waals surface area contributed by atoms with E-state index in [4.69, 9.17) is 10.8 Å². The summed E-state index contributed by atoms with van der Waals surface area (Å²) >= 11 is 0. The van der Waals surface area contributed by atoms with Gasteiger partial charge in [-0.1, -0.05) is 24.3 Å². The van der Waals surface area contributed by atoms with Gasteiger partial charge in [-0.2, -0.15) is 0 Å². The Morgan fingerprint density at radius 3 is 2.21 bits per heavy atom. The summed E-state index contributed by atoms with van der Waals surface area (Å²) in [6.07, 6.45) is 3.50. The van der Waals surface area contributed by atoms with Crippen molar-refractivity contribution in [3.8, 4) is 11.1 Å². The summed E-state index contributed by atoms with van der Waals surface area (Å²) in [6, 6.07) is 16.2. The van der Waals surface area contributed by atoms with Crippen molar-refractivity contribution in [1.29, 1.82) is 0 Å². The number of amides is 1. The predicted octanol–water partition coefficient (Wildman–Crippen LogP) is 3.86. The number of pyridine rings is 1. The van der Waals surface area contributed by atoms with Crippen LogP contribution in [0.4, 0.5) is 5.69 Å². The van der Waals surface area contributed by atoms with Crippen molar-refractivity contribution in [2.24, 2.45) is 5.73 Å². The number of hydrogen-bond donors (Lipinski definition) is 3. The van der Waals surface area contributed by atoms with Gasteiger partial charge in [-0.05, 0) is 59.5 Å². The number of carboxylic acids is 1. The first-order chi connectivity index (χ1) is 13.4. The van der Waals surface area contributed by atoms with E-state index in [9.17, 15) is 9.59 Å². The molecule has 0 aliphatic heterocycles. The molecule has 0 fully saturated rings. The second-order valence-corrected chi connectivity index (χ2v) is 6.16. The molecule has 0 saturated carbocycles. The number of carbonyl (C=O) groups is 2. The molecule has 6 heteroatoms. The number of hydrogen-bond acceptors (Lipinski definition) is 4. The van der Waals surface area contributed by atoms with Gasteiger partial charge in [-0.25, -0.2) is 4.79 Å². The van der Waals surface area contributed by atoms with Crippen LogP contribution in [0.5, 0.6) is 0 Å². The zero-order valence-electron chi connectivity index (χ0n) is 15.8. The Morgan fingerprint density at radius 1 is 1.07 bits per heavy atom. The van der Waals surface area contributed by atoms with E-state index >= 15 is 0 Å². The zero-order chi connectivity index (χ0) is 20.5. The molecule has 0 unspecified atom stereocenters. The maximum atomic E-state index is 11.1. The molecule has 4 N–H and O–H groups in total. The van der Waals surface area contributed by atoms with Gasteiger partial charge in [0.2, 0.25) is 5.91 Å². The number of aryl methyl sites for hydroxylation is 1. The second kappa shape index (κ2) is 9.99. The first kappa shape index (κ1) is 20.8. The molecule has 1 heterocycles. The lowest BCUT2D eigenvalue weighted by atomic mass is 10.0. The molecule has 3 aromatic rings. The number of nitrogens with zero attached hydrogens (tertiary/aromatic N) is 1. The molecule has 1 amide bonds. The van der Waals surface area contributed by atoms with E-state index in [1.54, 1.807) is 36.7 Å². The number of anilines is 1. The Morgan fingerprint density at radius 2 is 1.75 bits per heavy atom. The van der Waals surface area contributed by atoms with Crippen LogP contribution in [-0.4, -0.2) is 22.0 Å². The minimum Gasteiger partial charge on any atom is -0.478 e. The summed E-state index contributed by atoms with van der Waals surface area (Å²) in [5.41, 5.74) is 10.3. The van der Waals surface area contributed by atoms with Crippen LogP contribution in [0.3, 0.4) is 0 Å². The molecule has 0 spiro atoms. The maximum absolute atomic E-state index is 11.1. The molecule has 144 valence electrons. The van der Waals surface area contributed by atoms with E-state index in [1.807, 2.05) is 37.3 Å². The highest BCUT2D eigenvalue weighted by Gasteiger charge is 2.05. The van der Waals surface area contributed by atoms with Crippen LogP contribution < -0.4 is 11.1 Å². The molecule has 0 bridgehead atoms. The number of carbonyl (C=O) groups excluding carboxylic acids is 1. The lowest BCUT2D eigenvalue weighted by molar-refractivity contribution is -0.114. The van der Waals surface area contributed by atoms with Gasteiger partial charge in [0.15, 0.2) is 0 Å². The first-order valence-corrected chi connectivity index (χ1v) is 8.71. The Balaban J connectivity index is 0.000000292. The fourth-order valence-electron chi connectivity index (χ4n) is 2.50. The van der Waals surface area contributed by atoms with Crippen molar-refractivity contribution in [3.05, 3.63) is 83.7 Å². The van der Waals surface area contributed by atoms with Gasteiger partial charge in [-0.3, -0.25) is 9.78 Å². The topological polar surface area (TPSA) is 105 Å². The number of carboxylic acid groups (broad SMARTS) is 1. The van der Waals surface area contributed by atoms with E-state index in [0.29, 0.717) is 6.54 Å². The molecule has 0 radical (unpaired) electrons. The summed E-state index contributed by atoms with van der Waals surface area (Å²) in [5.74, 6) is -1.04. The summed E-state index contributed by atoms with van der Waals surface area (Å²) in [7, 11) is 0. The van der Waals surface area contributed by atoms with Crippen molar-refractivity contribution in [2.45, 2.75) is 20.4 Å². The van der Waals surface area contributed by atoms with Crippen LogP contribution in [0.1, 0.15) is 28.4 Å². The van der Waals surface area contributed by atoms with E-state index in [1.165, 1.54) is 6.92 Å². The summed E-state index contributed by atoms with van der Waals surface area (Å²) in [5, 5.41) is 11.6. The Hall–Kier alpha value is -3.51. The normalized spacial score (nSPS) is 9.82. The third-order valence-corrected chi connectivity index (χ3v) is 3.96. The lowest BCUT2D eigenvalue weighted by Gasteiger charge is -2.09. The Labute approximate surface area is 164 Å². The quantitative estimate of drug-likeness (QED) is 0.640. The van der Waals surface area contributed by atoms with E-state index in [2.05, 4.69) is 10.3 Å². The molecule has 3 rings (SSSR count). The van der Waals surface area contributed by atoms with Gasteiger partial charge < -0.3 is 16.2 Å². The van der Waals surface area contributed by atoms with Crippen LogP contribution in [0, 0.1) is 6.92 Å². The summed E-state index contributed by atoms with van der Waals surface area (Å²) in [6.45, 7) is 3.96. The molecule has 28 heavy (non-hydrogen) atoms. The number of rotatable bonds is 4. The van der Waals surface area contributed by atoms with Crippen LogP contribution in [0.2, 0.25) is 0 Å². The van der Waals surface area contributed by atoms with E-state index < -0.39 is 5.97 Å². The highest BCUT2D eigenvalue weighted by Crippen LogP contribution is 2.25. The number of aromatic nitrogens is 1. The van der Waals surface area contributed by atoms with Gasteiger partial charge in [0.05, 0.1) is 5.56 Å². The third-order valence-electron chi connectivity index (χ3n) is 3.96. The smallest absolute Gasteiger partial charge is 0.335 e. The molecule has 6 nitrogen and oxygen atoms in total. The monoisotopic (exact) mass is 377 g/mol. The number of nitrogens with one attached hydrogen (secondary N) is 1. The molecule has 0 atom stereocenters. The first-order valence-electron chi connectivity index (χ1n) is 8.71. The van der Waals surface area contributed by atoms with Crippen LogP contribution in [0.25, 0.3) is 11.1 Å². The fourth-order valence-corrected chi connectivity index (χ4v) is 2.50. The van der Waals surface area contributed by atoms with Gasteiger partial charge in [0.1, 0.15) is 0 Å². The molecule has 0 aliphatic rings. The minimum absolute atomic E-state index is 0.105. The Kier molecular flexibility index (Phi) is 7.42. The minimum atomic E-state index is -0.936. The number of nitrogens with two attached hydrogens (primary N) is 1. The zero-order valence-corrected chi connectivity index (χ0v) is 15.8. The standard InChI is InChI=1S/C16H15NO3.C6H8N2/c1-10-9-14(7-8-15(10)17-11(2)18)12-3-5-13(6-4-12)16(19)20;7-4-6-2-1-3-8-5-6/h3-9H,1-2H3,(H,17,18)(H,19,20);1-3,5H,4,7H2. The molecular formula is C22H23N3O3. The van der Waals surface area contributed by atoms with Gasteiger partial charge in [0.25, 0.3) is 0 Å². The highest BCUT2D eigenvalue weighted by molar-refractivity contribution is 5.90. The largest absolute Gasteiger partial charge is 0.478 e. The van der Waals surface area contributed by atoms with Crippen molar-refractivity contribution in [3.63, 3.8) is 0 Å². The average molecular weight is 377 g/mol. The molecular weight excluding hydrogens is 354 g/mol. The second-order valence-electron chi connectivity index (χ2n) is 6.16. The molecule has 0 aliphatic carbocycles. The maximum Gasteiger partial charge on any atom is 0.335 e. The molecule has 0 saturated heterocycles. The van der Waals surface area contributed by atoms with Crippen molar-refractivity contribution < 1.29 is 14.7 Å². The van der Waals surface area contributed by atoms with Crippen LogP contribution in [-0.2, 0) is 11.3 Å². The van der Waals surface area contributed by atoms with Crippen molar-refractivity contribution in [1.82, 2.24) is 4.98 Å². The Bertz CT molecular complexity index is 939. The molecule has 1 aromatic heterocycles. The van der Waals surface area contributed by atoms with E-state index in [-0.39, 0.29) is 11.5 Å². The average Bonchev–Trinajstić information content (AvgIpc) is 2.70. The summed E-state index contributed by atoms with van der Waals surface area (Å²) < 4.78 is 0. The van der Waals surface area contributed by atoms with E-state index in [0.717, 1.165) is 27.9 Å². The number of aromatic carboxylic acids is 1. The van der Waals surface area contributed by atoms with Gasteiger partial charge in [-0.15, -0.1) is 0 Å². The van der Waals surface area contributed by atoms with Gasteiger partial charge in [0, 0.05) is 31.5 Å². The molecule has 2 aromatic carbocycles. The van der Waals surface area contributed by atoms with Crippen LogP contribution in [0.15, 0.2) is 67.0 Å². The number of benzene rings is 2. The fraction of sp³-hybridized carbons (Fsp3) is 0.136. The van der Waals surface area contributed by atoms with Gasteiger partial charge >= 0.3 is 5.97 Å². The van der Waals surface area contributed by atoms with Crippen molar-refractivity contribution in [2.75, 3.05) is 5.32 Å². The SMILES string of the molecule is CC(=O)Nc1ccc(-c2ccc(C(=O)O)cc2)cc1C.NCc1cccnc1.